The van der Waals surface area contributed by atoms with Gasteiger partial charge in [-0.05, 0) is 58.4 Å². The highest BCUT2D eigenvalue weighted by Gasteiger charge is 2.17. The molecule has 0 fully saturated rings. The van der Waals surface area contributed by atoms with E-state index in [4.69, 9.17) is 9.97 Å². The molecule has 202 valence electrons. The SMILES string of the molecule is CCc1ccc(-c2cc(-c3ccccc3)nc3c2ccc2c(-c4ccc(CC)cc4)cc(-c4ccccc4)nc23)cc1. The van der Waals surface area contributed by atoms with Crippen molar-refractivity contribution in [1.29, 1.82) is 0 Å². The molecule has 0 radical (unpaired) electrons. The highest BCUT2D eigenvalue weighted by atomic mass is 14.8. The highest BCUT2D eigenvalue weighted by Crippen LogP contribution is 2.39. The van der Waals surface area contributed by atoms with Crippen LogP contribution in [0.2, 0.25) is 0 Å². The third-order valence-corrected chi connectivity index (χ3v) is 8.24. The molecule has 0 amide bonds. The standard InChI is InChI=1S/C40H32N2/c1-3-27-15-19-29(20-16-27)35-25-37(31-11-7-5-8-12-31)41-39-33(35)23-24-34-36(30-21-17-28(4-2)18-22-30)26-38(42-40(34)39)32-13-9-6-10-14-32/h5-26H,3-4H2,1-2H3. The summed E-state index contributed by atoms with van der Waals surface area (Å²) in [6, 6.07) is 47.7. The molecule has 0 aliphatic rings. The van der Waals surface area contributed by atoms with Crippen molar-refractivity contribution >= 4 is 21.8 Å². The van der Waals surface area contributed by atoms with Crippen molar-refractivity contribution in [3.63, 3.8) is 0 Å². The number of hydrogen-bond donors (Lipinski definition) is 0. The normalized spacial score (nSPS) is 11.3. The molecule has 7 aromatic rings. The number of aromatic nitrogens is 2. The van der Waals surface area contributed by atoms with E-state index in [1.165, 1.54) is 33.4 Å². The van der Waals surface area contributed by atoms with E-state index in [0.717, 1.165) is 57.2 Å². The molecular weight excluding hydrogens is 508 g/mol. The van der Waals surface area contributed by atoms with Crippen LogP contribution in [0.5, 0.6) is 0 Å². The third-order valence-electron chi connectivity index (χ3n) is 8.24. The van der Waals surface area contributed by atoms with Crippen molar-refractivity contribution in [2.45, 2.75) is 26.7 Å². The van der Waals surface area contributed by atoms with Crippen LogP contribution in [-0.2, 0) is 12.8 Å². The first-order valence-electron chi connectivity index (χ1n) is 14.8. The number of nitrogens with zero attached hydrogens (tertiary/aromatic N) is 2. The highest BCUT2D eigenvalue weighted by molar-refractivity contribution is 6.13. The van der Waals surface area contributed by atoms with Gasteiger partial charge in [-0.25, -0.2) is 9.97 Å². The van der Waals surface area contributed by atoms with Crippen LogP contribution in [0.3, 0.4) is 0 Å². The van der Waals surface area contributed by atoms with Gasteiger partial charge in [-0.3, -0.25) is 0 Å². The second kappa shape index (κ2) is 11.1. The number of fused-ring (bicyclic) bond motifs is 3. The number of benzene rings is 5. The summed E-state index contributed by atoms with van der Waals surface area (Å²) in [7, 11) is 0. The molecule has 0 unspecified atom stereocenters. The molecule has 2 aromatic heterocycles. The van der Waals surface area contributed by atoms with Gasteiger partial charge in [-0.1, -0.05) is 135 Å². The quantitative estimate of drug-likeness (QED) is 0.196. The van der Waals surface area contributed by atoms with Gasteiger partial charge in [0.05, 0.1) is 22.4 Å². The zero-order valence-electron chi connectivity index (χ0n) is 24.0. The van der Waals surface area contributed by atoms with Crippen LogP contribution in [0, 0.1) is 0 Å². The summed E-state index contributed by atoms with van der Waals surface area (Å²) in [5.41, 5.74) is 13.3. The van der Waals surface area contributed by atoms with Crippen LogP contribution in [-0.4, -0.2) is 9.97 Å². The predicted molar refractivity (Wildman–Crippen MR) is 178 cm³/mol. The fourth-order valence-corrected chi connectivity index (χ4v) is 5.81. The average molecular weight is 541 g/mol. The van der Waals surface area contributed by atoms with E-state index in [9.17, 15) is 0 Å². The first-order valence-corrected chi connectivity index (χ1v) is 14.8. The Balaban J connectivity index is 1.57. The van der Waals surface area contributed by atoms with Gasteiger partial charge in [-0.15, -0.1) is 0 Å². The van der Waals surface area contributed by atoms with Gasteiger partial charge in [-0.2, -0.15) is 0 Å². The van der Waals surface area contributed by atoms with Gasteiger partial charge in [0.15, 0.2) is 0 Å². The third kappa shape index (κ3) is 4.76. The van der Waals surface area contributed by atoms with Crippen LogP contribution < -0.4 is 0 Å². The summed E-state index contributed by atoms with van der Waals surface area (Å²) in [5, 5.41) is 2.22. The van der Waals surface area contributed by atoms with E-state index >= 15 is 0 Å². The van der Waals surface area contributed by atoms with E-state index in [-0.39, 0.29) is 0 Å². The Bertz CT molecular complexity index is 1860. The Kier molecular flexibility index (Phi) is 6.81. The molecule has 0 atom stereocenters. The minimum Gasteiger partial charge on any atom is -0.245 e. The van der Waals surface area contributed by atoms with Gasteiger partial charge in [0, 0.05) is 21.9 Å². The second-order valence-electron chi connectivity index (χ2n) is 10.8. The molecule has 2 heterocycles. The Morgan fingerprint density at radius 2 is 0.786 bits per heavy atom. The van der Waals surface area contributed by atoms with Crippen LogP contribution in [0.1, 0.15) is 25.0 Å². The van der Waals surface area contributed by atoms with E-state index < -0.39 is 0 Å². The largest absolute Gasteiger partial charge is 0.245 e. The first-order chi connectivity index (χ1) is 20.7. The second-order valence-corrected chi connectivity index (χ2v) is 10.8. The predicted octanol–water partition coefficient (Wildman–Crippen LogP) is 10.6. The van der Waals surface area contributed by atoms with E-state index in [1.807, 2.05) is 12.1 Å². The number of pyridine rings is 2. The lowest BCUT2D eigenvalue weighted by atomic mass is 9.93. The Morgan fingerprint density at radius 1 is 0.405 bits per heavy atom. The van der Waals surface area contributed by atoms with Gasteiger partial charge >= 0.3 is 0 Å². The van der Waals surface area contributed by atoms with Gasteiger partial charge in [0.1, 0.15) is 0 Å². The lowest BCUT2D eigenvalue weighted by Crippen LogP contribution is -1.96. The summed E-state index contributed by atoms with van der Waals surface area (Å²) < 4.78 is 0. The van der Waals surface area contributed by atoms with Crippen molar-refractivity contribution in [1.82, 2.24) is 9.97 Å². The Morgan fingerprint density at radius 3 is 1.14 bits per heavy atom. The summed E-state index contributed by atoms with van der Waals surface area (Å²) in [6.45, 7) is 4.39. The molecule has 0 saturated carbocycles. The summed E-state index contributed by atoms with van der Waals surface area (Å²) >= 11 is 0. The van der Waals surface area contributed by atoms with Crippen molar-refractivity contribution in [2.24, 2.45) is 0 Å². The van der Waals surface area contributed by atoms with E-state index in [1.54, 1.807) is 0 Å². The summed E-state index contributed by atoms with van der Waals surface area (Å²) in [6.07, 6.45) is 2.04. The molecule has 0 bridgehead atoms. The zero-order valence-corrected chi connectivity index (χ0v) is 24.0. The van der Waals surface area contributed by atoms with Crippen LogP contribution in [0.15, 0.2) is 133 Å². The molecule has 0 saturated heterocycles. The molecule has 2 nitrogen and oxygen atoms in total. The van der Waals surface area contributed by atoms with E-state index in [0.29, 0.717) is 0 Å². The maximum atomic E-state index is 5.33. The fourth-order valence-electron chi connectivity index (χ4n) is 5.81. The first kappa shape index (κ1) is 25.9. The minimum atomic E-state index is 0.924. The van der Waals surface area contributed by atoms with Gasteiger partial charge in [0.25, 0.3) is 0 Å². The lowest BCUT2D eigenvalue weighted by molar-refractivity contribution is 1.14. The van der Waals surface area contributed by atoms with Crippen molar-refractivity contribution in [3.8, 4) is 44.8 Å². The molecule has 5 aromatic carbocycles. The molecule has 7 rings (SSSR count). The lowest BCUT2D eigenvalue weighted by Gasteiger charge is -2.16. The smallest absolute Gasteiger partial charge is 0.0978 e. The maximum absolute atomic E-state index is 5.33. The Labute approximate surface area is 247 Å². The molecule has 0 aliphatic carbocycles. The number of rotatable bonds is 6. The summed E-state index contributed by atoms with van der Waals surface area (Å²) in [5.74, 6) is 0. The zero-order chi connectivity index (χ0) is 28.5. The fraction of sp³-hybridized carbons (Fsp3) is 0.100. The Hall–Kier alpha value is -5.08. The van der Waals surface area contributed by atoms with Crippen molar-refractivity contribution < 1.29 is 0 Å². The van der Waals surface area contributed by atoms with Gasteiger partial charge < -0.3 is 0 Å². The van der Waals surface area contributed by atoms with Crippen molar-refractivity contribution in [3.05, 3.63) is 145 Å². The van der Waals surface area contributed by atoms with Crippen LogP contribution in [0.4, 0.5) is 0 Å². The number of aryl methyl sites for hydroxylation is 2. The molecular formula is C40H32N2. The topological polar surface area (TPSA) is 25.8 Å². The minimum absolute atomic E-state index is 0.924. The molecule has 42 heavy (non-hydrogen) atoms. The van der Waals surface area contributed by atoms with Crippen LogP contribution >= 0.6 is 0 Å². The maximum Gasteiger partial charge on any atom is 0.0978 e. The molecule has 0 aliphatic heterocycles. The van der Waals surface area contributed by atoms with Gasteiger partial charge in [0.2, 0.25) is 0 Å². The van der Waals surface area contributed by atoms with E-state index in [2.05, 4.69) is 135 Å². The number of hydrogen-bond acceptors (Lipinski definition) is 2. The average Bonchev–Trinajstić information content (AvgIpc) is 3.08. The molecule has 0 N–H and O–H groups in total. The van der Waals surface area contributed by atoms with Crippen molar-refractivity contribution in [2.75, 3.05) is 0 Å². The van der Waals surface area contributed by atoms with Crippen LogP contribution in [0.25, 0.3) is 66.6 Å². The summed E-state index contributed by atoms with van der Waals surface area (Å²) in [4.78, 5) is 10.7. The molecule has 2 heteroatoms. The monoisotopic (exact) mass is 540 g/mol. The molecule has 0 spiro atoms.